The van der Waals surface area contributed by atoms with Gasteiger partial charge < -0.3 is 5.32 Å². The molecule has 84 valence electrons. The number of nitrogens with zero attached hydrogens (tertiary/aromatic N) is 1. The Morgan fingerprint density at radius 3 is 3.00 bits per heavy atom. The molecule has 0 aliphatic heterocycles. The van der Waals surface area contributed by atoms with Crippen LogP contribution in [-0.2, 0) is 6.54 Å². The maximum absolute atomic E-state index is 6.03. The van der Waals surface area contributed by atoms with Crippen molar-refractivity contribution >= 4 is 22.9 Å². The highest BCUT2D eigenvalue weighted by molar-refractivity contribution is 7.09. The van der Waals surface area contributed by atoms with Gasteiger partial charge in [-0.25, -0.2) is 4.98 Å². The smallest absolute Gasteiger partial charge is 0.133 e. The van der Waals surface area contributed by atoms with Crippen molar-refractivity contribution in [3.63, 3.8) is 0 Å². The molecule has 0 amide bonds. The molecule has 0 saturated carbocycles. The highest BCUT2D eigenvalue weighted by Gasteiger charge is 2.09. The molecular weight excluding hydrogens is 240 g/mol. The molecule has 16 heavy (non-hydrogen) atoms. The number of hydrogen-bond acceptors (Lipinski definition) is 3. The Morgan fingerprint density at radius 2 is 2.31 bits per heavy atom. The minimum atomic E-state index is 0.211. The van der Waals surface area contributed by atoms with Gasteiger partial charge in [0.05, 0.1) is 0 Å². The maximum Gasteiger partial charge on any atom is 0.133 e. The van der Waals surface area contributed by atoms with E-state index in [2.05, 4.69) is 34.7 Å². The van der Waals surface area contributed by atoms with Crippen LogP contribution in [0.3, 0.4) is 0 Å². The lowest BCUT2D eigenvalue weighted by molar-refractivity contribution is 0.577. The number of halogens is 1. The Kier molecular flexibility index (Phi) is 3.93. The molecule has 2 rings (SSSR count). The van der Waals surface area contributed by atoms with Gasteiger partial charge in [-0.15, -0.1) is 11.3 Å². The van der Waals surface area contributed by atoms with Crippen LogP contribution in [0.4, 0.5) is 0 Å². The fraction of sp³-hybridized carbons (Fsp3) is 0.250. The van der Waals surface area contributed by atoms with Crippen molar-refractivity contribution in [2.75, 3.05) is 0 Å². The SMILES string of the molecule is CC(NCc1cccs1)c1cccnc1Cl. The van der Waals surface area contributed by atoms with Crippen LogP contribution in [0.5, 0.6) is 0 Å². The first-order valence-electron chi connectivity index (χ1n) is 5.13. The number of aromatic nitrogens is 1. The van der Waals surface area contributed by atoms with Gasteiger partial charge in [0.1, 0.15) is 5.15 Å². The van der Waals surface area contributed by atoms with E-state index < -0.39 is 0 Å². The maximum atomic E-state index is 6.03. The standard InChI is InChI=1S/C12H13ClN2S/c1-9(11-5-2-6-14-12(11)13)15-8-10-4-3-7-16-10/h2-7,9,15H,8H2,1H3. The normalized spacial score (nSPS) is 12.6. The Morgan fingerprint density at radius 1 is 1.44 bits per heavy atom. The Hall–Kier alpha value is -0.900. The second-order valence-electron chi connectivity index (χ2n) is 3.57. The summed E-state index contributed by atoms with van der Waals surface area (Å²) >= 11 is 7.78. The van der Waals surface area contributed by atoms with Crippen molar-refractivity contribution in [2.45, 2.75) is 19.5 Å². The summed E-state index contributed by atoms with van der Waals surface area (Å²) in [5, 5.41) is 6.09. The van der Waals surface area contributed by atoms with Crippen LogP contribution in [0.25, 0.3) is 0 Å². The summed E-state index contributed by atoms with van der Waals surface area (Å²) in [6.45, 7) is 2.96. The second kappa shape index (κ2) is 5.43. The molecular formula is C12H13ClN2S. The molecule has 0 aromatic carbocycles. The molecule has 4 heteroatoms. The molecule has 0 saturated heterocycles. The van der Waals surface area contributed by atoms with E-state index in [9.17, 15) is 0 Å². The first-order chi connectivity index (χ1) is 7.77. The molecule has 2 heterocycles. The lowest BCUT2D eigenvalue weighted by Crippen LogP contribution is -2.18. The van der Waals surface area contributed by atoms with E-state index in [1.54, 1.807) is 17.5 Å². The number of pyridine rings is 1. The predicted octanol–water partition coefficient (Wildman–Crippen LogP) is 3.65. The van der Waals surface area contributed by atoms with E-state index in [1.807, 2.05) is 12.1 Å². The Bertz CT molecular complexity index is 442. The number of thiophene rings is 1. The van der Waals surface area contributed by atoms with E-state index in [0.29, 0.717) is 5.15 Å². The van der Waals surface area contributed by atoms with Crippen molar-refractivity contribution in [3.8, 4) is 0 Å². The van der Waals surface area contributed by atoms with Crippen LogP contribution in [-0.4, -0.2) is 4.98 Å². The molecule has 1 N–H and O–H groups in total. The van der Waals surface area contributed by atoms with Gasteiger partial charge in [-0.3, -0.25) is 0 Å². The summed E-state index contributed by atoms with van der Waals surface area (Å²) in [5.74, 6) is 0. The van der Waals surface area contributed by atoms with Gasteiger partial charge in [0.25, 0.3) is 0 Å². The van der Waals surface area contributed by atoms with Gasteiger partial charge in [-0.2, -0.15) is 0 Å². The van der Waals surface area contributed by atoms with Gasteiger partial charge in [-0.05, 0) is 24.4 Å². The van der Waals surface area contributed by atoms with Crippen molar-refractivity contribution in [2.24, 2.45) is 0 Å². The third-order valence-electron chi connectivity index (χ3n) is 2.42. The number of hydrogen-bond donors (Lipinski definition) is 1. The topological polar surface area (TPSA) is 24.9 Å². The Labute approximate surface area is 104 Å². The largest absolute Gasteiger partial charge is 0.305 e. The first-order valence-corrected chi connectivity index (χ1v) is 6.39. The van der Waals surface area contributed by atoms with Crippen molar-refractivity contribution in [3.05, 3.63) is 51.4 Å². The molecule has 0 bridgehead atoms. The average molecular weight is 253 g/mol. The van der Waals surface area contributed by atoms with Crippen molar-refractivity contribution < 1.29 is 0 Å². The summed E-state index contributed by atoms with van der Waals surface area (Å²) in [4.78, 5) is 5.40. The van der Waals surface area contributed by atoms with E-state index in [0.717, 1.165) is 12.1 Å². The fourth-order valence-corrected chi connectivity index (χ4v) is 2.44. The van der Waals surface area contributed by atoms with Crippen LogP contribution < -0.4 is 5.32 Å². The third-order valence-corrected chi connectivity index (χ3v) is 3.61. The highest BCUT2D eigenvalue weighted by atomic mass is 35.5. The van der Waals surface area contributed by atoms with Gasteiger partial charge in [0.2, 0.25) is 0 Å². The van der Waals surface area contributed by atoms with E-state index >= 15 is 0 Å². The third kappa shape index (κ3) is 2.82. The highest BCUT2D eigenvalue weighted by Crippen LogP contribution is 2.20. The van der Waals surface area contributed by atoms with Crippen LogP contribution in [0.15, 0.2) is 35.8 Å². The molecule has 2 aromatic rings. The van der Waals surface area contributed by atoms with Gasteiger partial charge >= 0.3 is 0 Å². The average Bonchev–Trinajstić information content (AvgIpc) is 2.79. The number of rotatable bonds is 4. The summed E-state index contributed by atoms with van der Waals surface area (Å²) in [6.07, 6.45) is 1.71. The zero-order chi connectivity index (χ0) is 11.4. The van der Waals surface area contributed by atoms with E-state index in [1.165, 1.54) is 4.88 Å². The van der Waals surface area contributed by atoms with Gasteiger partial charge in [0, 0.05) is 29.2 Å². The van der Waals surface area contributed by atoms with Crippen LogP contribution in [0.2, 0.25) is 5.15 Å². The van der Waals surface area contributed by atoms with E-state index in [4.69, 9.17) is 11.6 Å². The fourth-order valence-electron chi connectivity index (χ4n) is 1.50. The van der Waals surface area contributed by atoms with Gasteiger partial charge in [0.15, 0.2) is 0 Å². The van der Waals surface area contributed by atoms with Crippen LogP contribution >= 0.6 is 22.9 Å². The summed E-state index contributed by atoms with van der Waals surface area (Å²) in [5.41, 5.74) is 1.04. The lowest BCUT2D eigenvalue weighted by atomic mass is 10.1. The van der Waals surface area contributed by atoms with Crippen molar-refractivity contribution in [1.82, 2.24) is 10.3 Å². The van der Waals surface area contributed by atoms with Crippen molar-refractivity contribution in [1.29, 1.82) is 0 Å². The van der Waals surface area contributed by atoms with Crippen LogP contribution in [0, 0.1) is 0 Å². The zero-order valence-corrected chi connectivity index (χ0v) is 10.6. The molecule has 0 aliphatic rings. The number of nitrogens with one attached hydrogen (secondary N) is 1. The van der Waals surface area contributed by atoms with E-state index in [-0.39, 0.29) is 6.04 Å². The minimum Gasteiger partial charge on any atom is -0.305 e. The van der Waals surface area contributed by atoms with Crippen LogP contribution in [0.1, 0.15) is 23.4 Å². The molecule has 0 aliphatic carbocycles. The monoisotopic (exact) mass is 252 g/mol. The molecule has 2 aromatic heterocycles. The summed E-state index contributed by atoms with van der Waals surface area (Å²) in [7, 11) is 0. The molecule has 0 fully saturated rings. The predicted molar refractivity (Wildman–Crippen MR) is 68.8 cm³/mol. The quantitative estimate of drug-likeness (QED) is 0.841. The van der Waals surface area contributed by atoms with Gasteiger partial charge in [-0.1, -0.05) is 23.7 Å². The summed E-state index contributed by atoms with van der Waals surface area (Å²) in [6, 6.07) is 8.30. The first kappa shape index (κ1) is 11.6. The molecule has 1 unspecified atom stereocenters. The Balaban J connectivity index is 1.98. The molecule has 2 nitrogen and oxygen atoms in total. The zero-order valence-electron chi connectivity index (χ0n) is 8.98. The molecule has 0 radical (unpaired) electrons. The lowest BCUT2D eigenvalue weighted by Gasteiger charge is -2.14. The molecule has 0 spiro atoms. The molecule has 1 atom stereocenters. The second-order valence-corrected chi connectivity index (χ2v) is 4.96. The minimum absolute atomic E-state index is 0.211. The summed E-state index contributed by atoms with van der Waals surface area (Å²) < 4.78 is 0.